The van der Waals surface area contributed by atoms with Crippen LogP contribution in [-0.2, 0) is 16.0 Å². The molecule has 1 atom stereocenters. The maximum absolute atomic E-state index is 12.8. The van der Waals surface area contributed by atoms with Gasteiger partial charge in [-0.1, -0.05) is 29.8 Å². The average Bonchev–Trinajstić information content (AvgIpc) is 2.95. The molecular weight excluding hydrogens is 336 g/mol. The number of nitrogens with zero attached hydrogens (tertiary/aromatic N) is 2. The van der Waals surface area contributed by atoms with Gasteiger partial charge in [-0.25, -0.2) is 9.78 Å². The van der Waals surface area contributed by atoms with E-state index >= 15 is 0 Å². The molecule has 1 aliphatic rings. The van der Waals surface area contributed by atoms with Gasteiger partial charge in [0.15, 0.2) is 0 Å². The van der Waals surface area contributed by atoms with Crippen LogP contribution in [0.4, 0.5) is 0 Å². The third kappa shape index (κ3) is 3.90. The van der Waals surface area contributed by atoms with Gasteiger partial charge in [0, 0.05) is 17.0 Å². The van der Waals surface area contributed by atoms with Gasteiger partial charge in [-0.2, -0.15) is 0 Å². The van der Waals surface area contributed by atoms with Crippen molar-refractivity contribution in [2.24, 2.45) is 0 Å². The number of rotatable bonds is 4. The summed E-state index contributed by atoms with van der Waals surface area (Å²) >= 11 is 1.51. The lowest BCUT2D eigenvalue weighted by Gasteiger charge is -2.33. The fraction of sp³-hybridized carbons (Fsp3) is 0.421. The number of carboxylic acid groups (broad SMARTS) is 1. The van der Waals surface area contributed by atoms with E-state index in [-0.39, 0.29) is 12.3 Å². The van der Waals surface area contributed by atoms with Gasteiger partial charge in [0.05, 0.1) is 17.1 Å². The van der Waals surface area contributed by atoms with E-state index in [0.717, 1.165) is 34.0 Å². The number of piperidine rings is 1. The van der Waals surface area contributed by atoms with Crippen LogP contribution in [0, 0.1) is 13.8 Å². The Morgan fingerprint density at radius 3 is 2.64 bits per heavy atom. The monoisotopic (exact) mass is 358 g/mol. The number of aryl methyl sites for hydroxylation is 2. The van der Waals surface area contributed by atoms with Crippen LogP contribution >= 0.6 is 11.3 Å². The number of carbonyl (C=O) groups excluding carboxylic acids is 1. The number of thiazole rings is 1. The molecule has 0 aliphatic carbocycles. The number of hydrogen-bond acceptors (Lipinski definition) is 4. The van der Waals surface area contributed by atoms with Crippen LogP contribution in [0.2, 0.25) is 0 Å². The Morgan fingerprint density at radius 1 is 1.24 bits per heavy atom. The molecule has 1 unspecified atom stereocenters. The summed E-state index contributed by atoms with van der Waals surface area (Å²) in [5, 5.41) is 10.3. The van der Waals surface area contributed by atoms with E-state index in [1.807, 2.05) is 38.1 Å². The number of benzene rings is 1. The lowest BCUT2D eigenvalue weighted by molar-refractivity contribution is -0.151. The maximum Gasteiger partial charge on any atom is 0.326 e. The molecule has 1 fully saturated rings. The highest BCUT2D eigenvalue weighted by molar-refractivity contribution is 7.12. The molecular formula is C19H22N2O3S. The predicted molar refractivity (Wildman–Crippen MR) is 97.7 cm³/mol. The highest BCUT2D eigenvalue weighted by atomic mass is 32.1. The van der Waals surface area contributed by atoms with Gasteiger partial charge in [0.2, 0.25) is 5.91 Å². The minimum Gasteiger partial charge on any atom is -0.480 e. The molecule has 132 valence electrons. The van der Waals surface area contributed by atoms with E-state index in [1.54, 1.807) is 0 Å². The lowest BCUT2D eigenvalue weighted by atomic mass is 10.0. The van der Waals surface area contributed by atoms with Crippen molar-refractivity contribution >= 4 is 23.2 Å². The van der Waals surface area contributed by atoms with Crippen molar-refractivity contribution < 1.29 is 14.7 Å². The first-order valence-electron chi connectivity index (χ1n) is 8.51. The van der Waals surface area contributed by atoms with Crippen LogP contribution < -0.4 is 0 Å². The summed E-state index contributed by atoms with van der Waals surface area (Å²) in [5.41, 5.74) is 3.00. The Balaban J connectivity index is 1.84. The smallest absolute Gasteiger partial charge is 0.326 e. The number of likely N-dealkylation sites (tertiary alicyclic amines) is 1. The Bertz CT molecular complexity index is 782. The SMILES string of the molecule is Cc1ccc(-c2nc(C)sc2CC(=O)N2CCCCC2C(=O)O)cc1. The highest BCUT2D eigenvalue weighted by Crippen LogP contribution is 2.30. The molecule has 25 heavy (non-hydrogen) atoms. The second-order valence-corrected chi connectivity index (χ2v) is 7.77. The van der Waals surface area contributed by atoms with Crippen molar-refractivity contribution in [1.29, 1.82) is 0 Å². The molecule has 1 amide bonds. The van der Waals surface area contributed by atoms with Gasteiger partial charge in [-0.3, -0.25) is 4.79 Å². The summed E-state index contributed by atoms with van der Waals surface area (Å²) in [4.78, 5) is 31.2. The molecule has 0 radical (unpaired) electrons. The highest BCUT2D eigenvalue weighted by Gasteiger charge is 2.32. The molecule has 1 aromatic heterocycles. The molecule has 6 heteroatoms. The van der Waals surface area contributed by atoms with Crippen molar-refractivity contribution in [3.63, 3.8) is 0 Å². The molecule has 0 saturated carbocycles. The zero-order chi connectivity index (χ0) is 18.0. The van der Waals surface area contributed by atoms with Gasteiger partial charge in [0.25, 0.3) is 0 Å². The van der Waals surface area contributed by atoms with Crippen molar-refractivity contribution in [3.8, 4) is 11.3 Å². The number of aromatic nitrogens is 1. The molecule has 3 rings (SSSR count). The molecule has 1 aromatic carbocycles. The normalized spacial score (nSPS) is 17.5. The van der Waals surface area contributed by atoms with Crippen LogP contribution in [-0.4, -0.2) is 39.5 Å². The first-order valence-corrected chi connectivity index (χ1v) is 9.33. The fourth-order valence-corrected chi connectivity index (χ4v) is 4.20. The van der Waals surface area contributed by atoms with Crippen molar-refractivity contribution in [2.45, 2.75) is 45.6 Å². The Morgan fingerprint density at radius 2 is 1.96 bits per heavy atom. The average molecular weight is 358 g/mol. The Labute approximate surface area is 151 Å². The lowest BCUT2D eigenvalue weighted by Crippen LogP contribution is -2.48. The molecule has 1 aliphatic heterocycles. The zero-order valence-electron chi connectivity index (χ0n) is 14.5. The third-order valence-corrected chi connectivity index (χ3v) is 5.52. The van der Waals surface area contributed by atoms with Crippen LogP contribution in [0.3, 0.4) is 0 Å². The van der Waals surface area contributed by atoms with Crippen molar-refractivity contribution in [3.05, 3.63) is 39.7 Å². The minimum absolute atomic E-state index is 0.121. The summed E-state index contributed by atoms with van der Waals surface area (Å²) in [6.45, 7) is 4.48. The first-order chi connectivity index (χ1) is 12.0. The molecule has 2 aromatic rings. The molecule has 5 nitrogen and oxygen atoms in total. The summed E-state index contributed by atoms with van der Waals surface area (Å²) in [6, 6.07) is 7.39. The summed E-state index contributed by atoms with van der Waals surface area (Å²) in [7, 11) is 0. The second-order valence-electron chi connectivity index (χ2n) is 6.48. The predicted octanol–water partition coefficient (Wildman–Crippen LogP) is 3.44. The van der Waals surface area contributed by atoms with Gasteiger partial charge in [0.1, 0.15) is 6.04 Å². The van der Waals surface area contributed by atoms with Crippen molar-refractivity contribution in [2.75, 3.05) is 6.54 Å². The summed E-state index contributed by atoms with van der Waals surface area (Å²) < 4.78 is 0. The Hall–Kier alpha value is -2.21. The standard InChI is InChI=1S/C19H22N2O3S/c1-12-6-8-14(9-7-12)18-16(25-13(2)20-18)11-17(22)21-10-4-3-5-15(21)19(23)24/h6-9,15H,3-5,10-11H2,1-2H3,(H,23,24). The van der Waals surface area contributed by atoms with Gasteiger partial charge >= 0.3 is 5.97 Å². The number of aliphatic carboxylic acids is 1. The van der Waals surface area contributed by atoms with Crippen LogP contribution in [0.1, 0.15) is 34.7 Å². The third-order valence-electron chi connectivity index (χ3n) is 4.55. The fourth-order valence-electron chi connectivity index (χ4n) is 3.25. The minimum atomic E-state index is -0.910. The topological polar surface area (TPSA) is 70.5 Å². The summed E-state index contributed by atoms with van der Waals surface area (Å²) in [6.07, 6.45) is 2.46. The van der Waals surface area contributed by atoms with Gasteiger partial charge in [-0.15, -0.1) is 11.3 Å². The van der Waals surface area contributed by atoms with E-state index in [2.05, 4.69) is 4.98 Å². The number of carboxylic acids is 1. The van der Waals surface area contributed by atoms with Crippen LogP contribution in [0.5, 0.6) is 0 Å². The number of hydrogen-bond donors (Lipinski definition) is 1. The van der Waals surface area contributed by atoms with E-state index in [4.69, 9.17) is 0 Å². The van der Waals surface area contributed by atoms with E-state index in [0.29, 0.717) is 13.0 Å². The molecule has 2 heterocycles. The van der Waals surface area contributed by atoms with Gasteiger partial charge in [-0.05, 0) is 33.1 Å². The molecule has 1 saturated heterocycles. The van der Waals surface area contributed by atoms with Gasteiger partial charge < -0.3 is 10.0 Å². The molecule has 0 spiro atoms. The second kappa shape index (κ2) is 7.35. The molecule has 1 N–H and O–H groups in total. The maximum atomic E-state index is 12.8. The first kappa shape index (κ1) is 17.6. The number of amides is 1. The van der Waals surface area contributed by atoms with E-state index in [1.165, 1.54) is 21.8 Å². The quantitative estimate of drug-likeness (QED) is 0.909. The van der Waals surface area contributed by atoms with E-state index in [9.17, 15) is 14.7 Å². The largest absolute Gasteiger partial charge is 0.480 e. The van der Waals surface area contributed by atoms with Crippen molar-refractivity contribution in [1.82, 2.24) is 9.88 Å². The van der Waals surface area contributed by atoms with E-state index < -0.39 is 12.0 Å². The Kier molecular flexibility index (Phi) is 5.18. The van der Waals surface area contributed by atoms with Crippen LogP contribution in [0.15, 0.2) is 24.3 Å². The number of carbonyl (C=O) groups is 2. The molecule has 0 bridgehead atoms. The summed E-state index contributed by atoms with van der Waals surface area (Å²) in [5.74, 6) is -1.03. The van der Waals surface area contributed by atoms with Crippen LogP contribution in [0.25, 0.3) is 11.3 Å². The zero-order valence-corrected chi connectivity index (χ0v) is 15.3.